The predicted molar refractivity (Wildman–Crippen MR) is 70.6 cm³/mol. The highest BCUT2D eigenvalue weighted by Gasteiger charge is 2.42. The molecule has 116 valence electrons. The van der Waals surface area contributed by atoms with Crippen LogP contribution in [0.25, 0.3) is 0 Å². The average molecular weight is 289 g/mol. The van der Waals surface area contributed by atoms with Gasteiger partial charge in [-0.1, -0.05) is 0 Å². The van der Waals surface area contributed by atoms with Crippen LogP contribution in [0.1, 0.15) is 27.2 Å². The van der Waals surface area contributed by atoms with Gasteiger partial charge in [-0.3, -0.25) is 4.90 Å². The van der Waals surface area contributed by atoms with Crippen molar-refractivity contribution in [3.05, 3.63) is 0 Å². The number of aliphatic carboxylic acids is 1. The van der Waals surface area contributed by atoms with Gasteiger partial charge in [0.25, 0.3) is 0 Å². The van der Waals surface area contributed by atoms with Crippen LogP contribution in [-0.4, -0.2) is 66.7 Å². The van der Waals surface area contributed by atoms with Gasteiger partial charge < -0.3 is 19.3 Å². The summed E-state index contributed by atoms with van der Waals surface area (Å²) in [6, 6.07) is -0.905. The minimum absolute atomic E-state index is 0.218. The highest BCUT2D eigenvalue weighted by atomic mass is 16.6. The van der Waals surface area contributed by atoms with Gasteiger partial charge in [0.05, 0.1) is 25.9 Å². The molecule has 0 unspecified atom stereocenters. The molecule has 0 aliphatic carbocycles. The number of carbonyl (C=O) groups is 2. The minimum Gasteiger partial charge on any atom is -0.480 e. The Balaban J connectivity index is 2.63. The topological polar surface area (TPSA) is 85.3 Å². The first kappa shape index (κ1) is 16.7. The Bertz CT molecular complexity index is 351. The van der Waals surface area contributed by atoms with Gasteiger partial charge in [-0.05, 0) is 20.8 Å². The Hall–Kier alpha value is -1.34. The first-order valence-corrected chi connectivity index (χ1v) is 6.57. The lowest BCUT2D eigenvalue weighted by atomic mass is 10.2. The molecule has 1 saturated heterocycles. The van der Waals surface area contributed by atoms with Crippen molar-refractivity contribution in [2.45, 2.75) is 44.9 Å². The van der Waals surface area contributed by atoms with Gasteiger partial charge >= 0.3 is 12.1 Å². The normalized spacial score (nSPS) is 22.9. The van der Waals surface area contributed by atoms with Crippen molar-refractivity contribution in [2.24, 2.45) is 0 Å². The summed E-state index contributed by atoms with van der Waals surface area (Å²) >= 11 is 0. The third-order valence-electron chi connectivity index (χ3n) is 2.82. The van der Waals surface area contributed by atoms with Gasteiger partial charge in [0, 0.05) is 13.5 Å². The van der Waals surface area contributed by atoms with E-state index in [0.29, 0.717) is 13.2 Å². The third kappa shape index (κ3) is 4.97. The monoisotopic (exact) mass is 289 g/mol. The number of carbonyl (C=O) groups excluding carboxylic acids is 1. The lowest BCUT2D eigenvalue weighted by Gasteiger charge is -2.26. The summed E-state index contributed by atoms with van der Waals surface area (Å²) in [5, 5.41) is 9.19. The van der Waals surface area contributed by atoms with Crippen molar-refractivity contribution < 1.29 is 28.9 Å². The lowest BCUT2D eigenvalue weighted by molar-refractivity contribution is -0.142. The number of ether oxygens (including phenoxy) is 3. The standard InChI is InChI=1S/C13H23NO6/c1-13(2,3)20-12(17)14-8-9(19-6-5-18-4)7-10(14)11(15)16/h9-10H,5-8H2,1-4H3,(H,15,16)/t9-,10-/m1/s1. The second-order valence-corrected chi connectivity index (χ2v) is 5.71. The van der Waals surface area contributed by atoms with Crippen LogP contribution >= 0.6 is 0 Å². The molecule has 0 bridgehead atoms. The predicted octanol–water partition coefficient (Wildman–Crippen LogP) is 1.11. The van der Waals surface area contributed by atoms with Crippen molar-refractivity contribution in [1.82, 2.24) is 4.90 Å². The number of nitrogens with zero attached hydrogens (tertiary/aromatic N) is 1. The summed E-state index contributed by atoms with van der Waals surface area (Å²) in [4.78, 5) is 24.5. The van der Waals surface area contributed by atoms with E-state index in [2.05, 4.69) is 0 Å². The van der Waals surface area contributed by atoms with Crippen LogP contribution in [0.5, 0.6) is 0 Å². The number of rotatable bonds is 5. The highest BCUT2D eigenvalue weighted by Crippen LogP contribution is 2.23. The molecule has 2 atom stereocenters. The molecule has 0 aromatic rings. The van der Waals surface area contributed by atoms with Crippen LogP contribution < -0.4 is 0 Å². The van der Waals surface area contributed by atoms with Gasteiger partial charge in [-0.2, -0.15) is 0 Å². The second-order valence-electron chi connectivity index (χ2n) is 5.71. The molecule has 1 N–H and O–H groups in total. The molecule has 7 nitrogen and oxygen atoms in total. The Morgan fingerprint density at radius 3 is 2.45 bits per heavy atom. The maximum absolute atomic E-state index is 12.0. The number of hydrogen-bond acceptors (Lipinski definition) is 5. The quantitative estimate of drug-likeness (QED) is 0.763. The van der Waals surface area contributed by atoms with E-state index in [1.54, 1.807) is 27.9 Å². The Kier molecular flexibility index (Phi) is 5.76. The summed E-state index contributed by atoms with van der Waals surface area (Å²) in [6.07, 6.45) is -0.667. The molecule has 1 aliphatic rings. The number of carboxylic acid groups (broad SMARTS) is 1. The molecule has 0 saturated carbocycles. The zero-order valence-electron chi connectivity index (χ0n) is 12.4. The molecule has 7 heteroatoms. The average Bonchev–Trinajstić information content (AvgIpc) is 2.71. The van der Waals surface area contributed by atoms with Gasteiger partial charge in [0.1, 0.15) is 11.6 Å². The Labute approximate surface area is 118 Å². The van der Waals surface area contributed by atoms with Crippen molar-refractivity contribution in [3.63, 3.8) is 0 Å². The van der Waals surface area contributed by atoms with Gasteiger partial charge in [-0.15, -0.1) is 0 Å². The number of amides is 1. The van der Waals surface area contributed by atoms with E-state index in [4.69, 9.17) is 14.2 Å². The number of carboxylic acids is 1. The summed E-state index contributed by atoms with van der Waals surface area (Å²) in [7, 11) is 1.56. The smallest absolute Gasteiger partial charge is 0.411 e. The maximum Gasteiger partial charge on any atom is 0.411 e. The van der Waals surface area contributed by atoms with Gasteiger partial charge in [-0.25, -0.2) is 9.59 Å². The lowest BCUT2D eigenvalue weighted by Crippen LogP contribution is -2.43. The molecule has 0 aromatic carbocycles. The number of hydrogen-bond donors (Lipinski definition) is 1. The highest BCUT2D eigenvalue weighted by molar-refractivity contribution is 5.81. The fourth-order valence-electron chi connectivity index (χ4n) is 1.97. The van der Waals surface area contributed by atoms with Crippen molar-refractivity contribution in [2.75, 3.05) is 26.9 Å². The molecule has 0 spiro atoms. The molecule has 1 heterocycles. The molecule has 1 amide bonds. The van der Waals surface area contributed by atoms with Crippen LogP contribution in [-0.2, 0) is 19.0 Å². The second kappa shape index (κ2) is 6.90. The van der Waals surface area contributed by atoms with Crippen molar-refractivity contribution >= 4 is 12.1 Å². The van der Waals surface area contributed by atoms with Crippen LogP contribution in [0.15, 0.2) is 0 Å². The van der Waals surface area contributed by atoms with Crippen molar-refractivity contribution in [3.8, 4) is 0 Å². The van der Waals surface area contributed by atoms with E-state index < -0.39 is 23.7 Å². The van der Waals surface area contributed by atoms with Gasteiger partial charge in [0.15, 0.2) is 0 Å². The Morgan fingerprint density at radius 2 is 1.95 bits per heavy atom. The number of methoxy groups -OCH3 is 1. The molecule has 1 aliphatic heterocycles. The summed E-state index contributed by atoms with van der Waals surface area (Å²) in [6.45, 7) is 6.24. The molecule has 0 radical (unpaired) electrons. The molecular weight excluding hydrogens is 266 g/mol. The molecule has 20 heavy (non-hydrogen) atoms. The zero-order chi connectivity index (χ0) is 15.3. The van der Waals surface area contributed by atoms with Crippen LogP contribution in [0, 0.1) is 0 Å². The van der Waals surface area contributed by atoms with E-state index in [1.807, 2.05) is 0 Å². The van der Waals surface area contributed by atoms with Crippen LogP contribution in [0.3, 0.4) is 0 Å². The van der Waals surface area contributed by atoms with E-state index in [-0.39, 0.29) is 19.1 Å². The summed E-state index contributed by atoms with van der Waals surface area (Å²) in [5.74, 6) is -1.05. The summed E-state index contributed by atoms with van der Waals surface area (Å²) < 4.78 is 15.6. The number of likely N-dealkylation sites (tertiary alicyclic amines) is 1. The fraction of sp³-hybridized carbons (Fsp3) is 0.846. The fourth-order valence-corrected chi connectivity index (χ4v) is 1.97. The molecule has 1 rings (SSSR count). The largest absolute Gasteiger partial charge is 0.480 e. The van der Waals surface area contributed by atoms with Crippen LogP contribution in [0.2, 0.25) is 0 Å². The maximum atomic E-state index is 12.0. The Morgan fingerprint density at radius 1 is 1.30 bits per heavy atom. The van der Waals surface area contributed by atoms with E-state index in [9.17, 15) is 14.7 Å². The van der Waals surface area contributed by atoms with E-state index >= 15 is 0 Å². The van der Waals surface area contributed by atoms with Gasteiger partial charge in [0.2, 0.25) is 0 Å². The van der Waals surface area contributed by atoms with E-state index in [0.717, 1.165) is 0 Å². The molecular formula is C13H23NO6. The third-order valence-corrected chi connectivity index (χ3v) is 2.82. The summed E-state index contributed by atoms with van der Waals surface area (Å²) in [5.41, 5.74) is -0.658. The zero-order valence-corrected chi connectivity index (χ0v) is 12.4. The van der Waals surface area contributed by atoms with Crippen LogP contribution in [0.4, 0.5) is 4.79 Å². The first-order chi connectivity index (χ1) is 9.24. The molecule has 0 aromatic heterocycles. The SMILES string of the molecule is COCCO[C@@H]1C[C@H](C(=O)O)N(C(=O)OC(C)(C)C)C1. The van der Waals surface area contributed by atoms with E-state index in [1.165, 1.54) is 4.90 Å². The van der Waals surface area contributed by atoms with Crippen molar-refractivity contribution in [1.29, 1.82) is 0 Å². The minimum atomic E-state index is -1.05. The molecule has 1 fully saturated rings. The first-order valence-electron chi connectivity index (χ1n) is 6.57.